The van der Waals surface area contributed by atoms with E-state index < -0.39 is 0 Å². The lowest BCUT2D eigenvalue weighted by Crippen LogP contribution is -2.40. The van der Waals surface area contributed by atoms with Crippen molar-refractivity contribution in [2.45, 2.75) is 5.54 Å². The fraction of sp³-hybridized carbons (Fsp3) is 0.227. The minimum Gasteiger partial charge on any atom is -0.399 e. The Labute approximate surface area is 174 Å². The maximum atomic E-state index is 6.22. The first-order chi connectivity index (χ1) is 14.1. The van der Waals surface area contributed by atoms with Crippen LogP contribution in [0.25, 0.3) is 11.1 Å². The number of amidine groups is 1. The highest BCUT2D eigenvalue weighted by Gasteiger charge is 2.50. The SMILES string of the molecule is NC1=NC2(c3cccc(-c4cccc(N)c4)c3)CN(c3cnccn3)CC2CS1. The van der Waals surface area contributed by atoms with Crippen LogP contribution in [-0.2, 0) is 5.54 Å². The van der Waals surface area contributed by atoms with E-state index in [0.29, 0.717) is 11.1 Å². The molecule has 0 bridgehead atoms. The van der Waals surface area contributed by atoms with E-state index in [1.807, 2.05) is 24.4 Å². The first kappa shape index (κ1) is 18.0. The molecule has 2 aromatic carbocycles. The Bertz CT molecular complexity index is 1070. The molecule has 0 aliphatic carbocycles. The topological polar surface area (TPSA) is 93.4 Å². The summed E-state index contributed by atoms with van der Waals surface area (Å²) in [6.45, 7) is 1.61. The summed E-state index contributed by atoms with van der Waals surface area (Å²) >= 11 is 1.64. The Morgan fingerprint density at radius 2 is 1.86 bits per heavy atom. The van der Waals surface area contributed by atoms with E-state index in [1.54, 1.807) is 24.2 Å². The van der Waals surface area contributed by atoms with Crippen LogP contribution in [0.1, 0.15) is 5.56 Å². The Morgan fingerprint density at radius 1 is 1.03 bits per heavy atom. The van der Waals surface area contributed by atoms with E-state index in [0.717, 1.165) is 41.5 Å². The molecule has 1 aromatic heterocycles. The third-order valence-electron chi connectivity index (χ3n) is 5.75. The Morgan fingerprint density at radius 3 is 2.66 bits per heavy atom. The number of nitrogens with two attached hydrogens (primary N) is 2. The average Bonchev–Trinajstić information content (AvgIpc) is 3.15. The zero-order chi connectivity index (χ0) is 19.8. The molecule has 0 amide bonds. The van der Waals surface area contributed by atoms with Gasteiger partial charge in [-0.25, -0.2) is 9.98 Å². The molecular formula is C22H22N6S. The summed E-state index contributed by atoms with van der Waals surface area (Å²) in [6.07, 6.45) is 5.24. The predicted octanol–water partition coefficient (Wildman–Crippen LogP) is 3.12. The number of nitrogen functional groups attached to an aromatic ring is 1. The number of aliphatic imine (C=N–C) groups is 1. The highest BCUT2D eigenvalue weighted by atomic mass is 32.2. The molecule has 3 aromatic rings. The zero-order valence-corrected chi connectivity index (χ0v) is 16.7. The van der Waals surface area contributed by atoms with Gasteiger partial charge < -0.3 is 16.4 Å². The summed E-state index contributed by atoms with van der Waals surface area (Å²) in [6, 6.07) is 16.6. The number of benzene rings is 2. The summed E-state index contributed by atoms with van der Waals surface area (Å²) in [5, 5.41) is 0.650. The molecule has 2 atom stereocenters. The van der Waals surface area contributed by atoms with Crippen LogP contribution in [0.5, 0.6) is 0 Å². The second kappa shape index (κ2) is 7.08. The quantitative estimate of drug-likeness (QED) is 0.654. The van der Waals surface area contributed by atoms with Crippen molar-refractivity contribution in [1.29, 1.82) is 0 Å². The predicted molar refractivity (Wildman–Crippen MR) is 120 cm³/mol. The highest BCUT2D eigenvalue weighted by Crippen LogP contribution is 2.46. The van der Waals surface area contributed by atoms with Crippen LogP contribution < -0.4 is 16.4 Å². The second-order valence-corrected chi connectivity index (χ2v) is 8.57. The molecule has 2 aliphatic rings. The number of hydrogen-bond acceptors (Lipinski definition) is 7. The minimum atomic E-state index is -0.386. The first-order valence-electron chi connectivity index (χ1n) is 9.60. The lowest BCUT2D eigenvalue weighted by Gasteiger charge is -2.35. The smallest absolute Gasteiger partial charge is 0.154 e. The Hall–Kier alpha value is -3.06. The fourth-order valence-electron chi connectivity index (χ4n) is 4.34. The van der Waals surface area contributed by atoms with Crippen molar-refractivity contribution in [2.24, 2.45) is 16.6 Å². The lowest BCUT2D eigenvalue weighted by molar-refractivity contribution is 0.388. The molecule has 4 N–H and O–H groups in total. The fourth-order valence-corrected chi connectivity index (χ4v) is 5.32. The van der Waals surface area contributed by atoms with Crippen molar-refractivity contribution >= 4 is 28.4 Å². The van der Waals surface area contributed by atoms with Gasteiger partial charge in [0.1, 0.15) is 11.4 Å². The average molecular weight is 403 g/mol. The van der Waals surface area contributed by atoms with Gasteiger partial charge in [0.05, 0.1) is 6.20 Å². The molecular weight excluding hydrogens is 380 g/mol. The molecule has 29 heavy (non-hydrogen) atoms. The van der Waals surface area contributed by atoms with E-state index in [4.69, 9.17) is 16.5 Å². The van der Waals surface area contributed by atoms with E-state index in [-0.39, 0.29) is 5.54 Å². The molecule has 1 saturated heterocycles. The number of aromatic nitrogens is 2. The molecule has 2 unspecified atom stereocenters. The van der Waals surface area contributed by atoms with Gasteiger partial charge in [0.15, 0.2) is 5.17 Å². The van der Waals surface area contributed by atoms with Gasteiger partial charge in [0.2, 0.25) is 0 Å². The van der Waals surface area contributed by atoms with Crippen LogP contribution >= 0.6 is 11.8 Å². The van der Waals surface area contributed by atoms with Crippen LogP contribution in [0, 0.1) is 5.92 Å². The maximum absolute atomic E-state index is 6.22. The van der Waals surface area contributed by atoms with Gasteiger partial charge in [-0.2, -0.15) is 0 Å². The lowest BCUT2D eigenvalue weighted by atomic mass is 9.81. The maximum Gasteiger partial charge on any atom is 0.154 e. The van der Waals surface area contributed by atoms with Gasteiger partial charge >= 0.3 is 0 Å². The molecule has 146 valence electrons. The van der Waals surface area contributed by atoms with Crippen molar-refractivity contribution in [1.82, 2.24) is 9.97 Å². The van der Waals surface area contributed by atoms with Crippen molar-refractivity contribution in [3.63, 3.8) is 0 Å². The Kier molecular flexibility index (Phi) is 4.39. The molecule has 3 heterocycles. The van der Waals surface area contributed by atoms with E-state index in [9.17, 15) is 0 Å². The van der Waals surface area contributed by atoms with Crippen LogP contribution in [0.15, 0.2) is 72.1 Å². The first-order valence-corrected chi connectivity index (χ1v) is 10.6. The zero-order valence-electron chi connectivity index (χ0n) is 15.9. The number of nitrogens with zero attached hydrogens (tertiary/aromatic N) is 4. The second-order valence-electron chi connectivity index (χ2n) is 7.53. The third kappa shape index (κ3) is 3.21. The molecule has 7 heteroatoms. The van der Waals surface area contributed by atoms with Crippen molar-refractivity contribution in [3.8, 4) is 11.1 Å². The minimum absolute atomic E-state index is 0.345. The molecule has 6 nitrogen and oxygen atoms in total. The van der Waals surface area contributed by atoms with Gasteiger partial charge in [-0.1, -0.05) is 42.1 Å². The normalized spacial score (nSPS) is 23.5. The largest absolute Gasteiger partial charge is 0.399 e. The third-order valence-corrected chi connectivity index (χ3v) is 6.70. The van der Waals surface area contributed by atoms with Crippen LogP contribution in [-0.4, -0.2) is 34.0 Å². The summed E-state index contributed by atoms with van der Waals surface area (Å²) in [5.74, 6) is 2.17. The number of rotatable bonds is 3. The molecule has 0 radical (unpaired) electrons. The molecule has 0 saturated carbocycles. The molecule has 1 fully saturated rings. The van der Waals surface area contributed by atoms with E-state index >= 15 is 0 Å². The highest BCUT2D eigenvalue weighted by molar-refractivity contribution is 8.13. The van der Waals surface area contributed by atoms with Crippen molar-refractivity contribution in [3.05, 3.63) is 72.7 Å². The number of thioether (sulfide) groups is 1. The molecule has 5 rings (SSSR count). The van der Waals surface area contributed by atoms with Crippen molar-refractivity contribution in [2.75, 3.05) is 29.5 Å². The Balaban J connectivity index is 1.58. The number of hydrogen-bond donors (Lipinski definition) is 2. The summed E-state index contributed by atoms with van der Waals surface area (Å²) in [5.41, 5.74) is 16.0. The number of anilines is 2. The van der Waals surface area contributed by atoms with Crippen molar-refractivity contribution < 1.29 is 0 Å². The summed E-state index contributed by atoms with van der Waals surface area (Å²) in [4.78, 5) is 16.0. The van der Waals surface area contributed by atoms with Gasteiger partial charge in [-0.3, -0.25) is 4.98 Å². The van der Waals surface area contributed by atoms with Crippen LogP contribution in [0.3, 0.4) is 0 Å². The summed E-state index contributed by atoms with van der Waals surface area (Å²) < 4.78 is 0. The van der Waals surface area contributed by atoms with Crippen LogP contribution in [0.2, 0.25) is 0 Å². The van der Waals surface area contributed by atoms with Gasteiger partial charge in [-0.05, 0) is 34.9 Å². The van der Waals surface area contributed by atoms with Gasteiger partial charge in [0.25, 0.3) is 0 Å². The van der Waals surface area contributed by atoms with Crippen LogP contribution in [0.4, 0.5) is 11.5 Å². The standard InChI is InChI=1S/C22H22N6S/c23-19-6-2-4-16(10-19)15-3-1-5-17(9-15)22-14-28(20-11-25-7-8-26-20)12-18(22)13-29-21(24)27-22/h1-11,18H,12-14,23H2,(H2,24,27). The van der Waals surface area contributed by atoms with Gasteiger partial charge in [-0.15, -0.1) is 0 Å². The monoisotopic (exact) mass is 402 g/mol. The molecule has 2 aliphatic heterocycles. The number of fused-ring (bicyclic) bond motifs is 1. The molecule has 0 spiro atoms. The van der Waals surface area contributed by atoms with E-state index in [1.165, 1.54) is 5.56 Å². The van der Waals surface area contributed by atoms with E-state index in [2.05, 4.69) is 45.2 Å². The summed E-state index contributed by atoms with van der Waals surface area (Å²) in [7, 11) is 0. The van der Waals surface area contributed by atoms with Gasteiger partial charge in [0, 0.05) is 42.8 Å².